The van der Waals surface area contributed by atoms with Crippen LogP contribution < -0.4 is 10.1 Å². The third-order valence-electron chi connectivity index (χ3n) is 6.79. The molecule has 1 unspecified atom stereocenters. The van der Waals surface area contributed by atoms with Crippen LogP contribution in [0.5, 0.6) is 5.75 Å². The van der Waals surface area contributed by atoms with Crippen LogP contribution in [0, 0.1) is 0 Å². The first-order chi connectivity index (χ1) is 16.1. The van der Waals surface area contributed by atoms with Crippen molar-refractivity contribution in [3.05, 3.63) is 66.1 Å². The molecule has 172 valence electrons. The number of ether oxygens (including phenoxy) is 1. The van der Waals surface area contributed by atoms with Crippen LogP contribution in [-0.2, 0) is 13.6 Å². The Labute approximate surface area is 194 Å². The molecule has 2 aromatic heterocycles. The van der Waals surface area contributed by atoms with Gasteiger partial charge in [0.15, 0.2) is 0 Å². The van der Waals surface area contributed by atoms with Crippen LogP contribution in [0.25, 0.3) is 21.9 Å². The molecule has 3 heterocycles. The van der Waals surface area contributed by atoms with Gasteiger partial charge in [-0.2, -0.15) is 0 Å². The van der Waals surface area contributed by atoms with Crippen molar-refractivity contribution >= 4 is 21.9 Å². The van der Waals surface area contributed by atoms with Crippen LogP contribution in [0.4, 0.5) is 0 Å². The normalized spacial score (nSPS) is 16.5. The molecular formula is C26H31N5O2. The second-order valence-electron chi connectivity index (χ2n) is 8.83. The molecule has 1 saturated heterocycles. The summed E-state index contributed by atoms with van der Waals surface area (Å²) in [6, 6.07) is 16.4. The summed E-state index contributed by atoms with van der Waals surface area (Å²) in [6.07, 6.45) is 3.32. The largest absolute Gasteiger partial charge is 0.497 e. The monoisotopic (exact) mass is 445 g/mol. The molecule has 5 rings (SSSR count). The smallest absolute Gasteiger partial charge is 0.123 e. The molecule has 33 heavy (non-hydrogen) atoms. The number of β-amino-alcohol motifs (C(OH)–C–C–N with tert-alkyl or cyclic N) is 1. The van der Waals surface area contributed by atoms with Gasteiger partial charge in [-0.05, 0) is 67.9 Å². The Hall–Kier alpha value is -3.00. The summed E-state index contributed by atoms with van der Waals surface area (Å²) in [7, 11) is 3.73. The number of piperidine rings is 1. The Morgan fingerprint density at radius 3 is 2.73 bits per heavy atom. The highest BCUT2D eigenvalue weighted by Crippen LogP contribution is 2.28. The first-order valence-electron chi connectivity index (χ1n) is 11.6. The number of imidazole rings is 1. The number of benzene rings is 2. The number of likely N-dealkylation sites (tertiary alicyclic amines) is 1. The molecule has 7 nitrogen and oxygen atoms in total. The number of aliphatic hydroxyl groups excluding tert-OH is 1. The molecule has 0 saturated carbocycles. The number of nitrogens with zero attached hydrogens (tertiary/aromatic N) is 4. The van der Waals surface area contributed by atoms with Gasteiger partial charge in [-0.15, -0.1) is 0 Å². The van der Waals surface area contributed by atoms with Gasteiger partial charge in [0.1, 0.15) is 11.6 Å². The van der Waals surface area contributed by atoms with Gasteiger partial charge in [-0.1, -0.05) is 12.1 Å². The van der Waals surface area contributed by atoms with Crippen molar-refractivity contribution in [1.82, 2.24) is 24.8 Å². The first-order valence-corrected chi connectivity index (χ1v) is 11.6. The molecule has 1 aliphatic rings. The third-order valence-corrected chi connectivity index (χ3v) is 6.79. The Kier molecular flexibility index (Phi) is 6.26. The van der Waals surface area contributed by atoms with E-state index in [0.717, 1.165) is 66.0 Å². The fourth-order valence-electron chi connectivity index (χ4n) is 4.82. The van der Waals surface area contributed by atoms with Crippen LogP contribution in [0.3, 0.4) is 0 Å². The van der Waals surface area contributed by atoms with Crippen molar-refractivity contribution in [1.29, 1.82) is 0 Å². The standard InChI is InChI=1S/C26H31N5O2/c1-30-24-6-4-3-5-23(24)29-26(30)16-28-18-10-13-31(14-11-18)17-25(32)20-9-12-27-22-8-7-19(33-2)15-21(20)22/h3-9,12,15,18,25,28,32H,10-11,13-14,16-17H2,1-2H3. The lowest BCUT2D eigenvalue weighted by Gasteiger charge is -2.33. The van der Waals surface area contributed by atoms with E-state index in [1.54, 1.807) is 13.3 Å². The zero-order valence-corrected chi connectivity index (χ0v) is 19.2. The third kappa shape index (κ3) is 4.57. The molecule has 0 radical (unpaired) electrons. The molecule has 2 N–H and O–H groups in total. The molecule has 4 aromatic rings. The minimum atomic E-state index is -0.563. The van der Waals surface area contributed by atoms with E-state index in [0.29, 0.717) is 12.6 Å². The SMILES string of the molecule is COc1ccc2nccc(C(O)CN3CCC(NCc4nc5ccccc5n4C)CC3)c2c1. The molecule has 1 atom stereocenters. The highest BCUT2D eigenvalue weighted by molar-refractivity contribution is 5.83. The molecule has 0 aliphatic carbocycles. The number of aromatic nitrogens is 3. The average molecular weight is 446 g/mol. The minimum Gasteiger partial charge on any atom is -0.497 e. The lowest BCUT2D eigenvalue weighted by atomic mass is 10.0. The van der Waals surface area contributed by atoms with Crippen LogP contribution >= 0.6 is 0 Å². The number of methoxy groups -OCH3 is 1. The number of aliphatic hydroxyl groups is 1. The quantitative estimate of drug-likeness (QED) is 0.454. The van der Waals surface area contributed by atoms with E-state index in [9.17, 15) is 5.11 Å². The van der Waals surface area contributed by atoms with E-state index >= 15 is 0 Å². The maximum atomic E-state index is 11.0. The van der Waals surface area contributed by atoms with Crippen LogP contribution in [0.2, 0.25) is 0 Å². The van der Waals surface area contributed by atoms with Crippen molar-refractivity contribution in [3.63, 3.8) is 0 Å². The highest BCUT2D eigenvalue weighted by Gasteiger charge is 2.23. The van der Waals surface area contributed by atoms with Gasteiger partial charge >= 0.3 is 0 Å². The van der Waals surface area contributed by atoms with Crippen molar-refractivity contribution in [2.45, 2.75) is 31.5 Å². The molecule has 0 amide bonds. The van der Waals surface area contributed by atoms with E-state index in [-0.39, 0.29) is 0 Å². The van der Waals surface area contributed by atoms with E-state index in [4.69, 9.17) is 9.72 Å². The second-order valence-corrected chi connectivity index (χ2v) is 8.83. The molecule has 2 aromatic carbocycles. The fourth-order valence-corrected chi connectivity index (χ4v) is 4.82. The van der Waals surface area contributed by atoms with Crippen molar-refractivity contribution in [2.24, 2.45) is 7.05 Å². The van der Waals surface area contributed by atoms with Crippen molar-refractivity contribution in [2.75, 3.05) is 26.7 Å². The van der Waals surface area contributed by atoms with Gasteiger partial charge in [-0.25, -0.2) is 4.98 Å². The number of rotatable bonds is 7. The van der Waals surface area contributed by atoms with Crippen LogP contribution in [0.15, 0.2) is 54.7 Å². The molecule has 7 heteroatoms. The van der Waals surface area contributed by atoms with Gasteiger partial charge in [0.25, 0.3) is 0 Å². The number of hydrogen-bond donors (Lipinski definition) is 2. The lowest BCUT2D eigenvalue weighted by molar-refractivity contribution is 0.0948. The van der Waals surface area contributed by atoms with Gasteiger partial charge in [0, 0.05) is 31.2 Å². The highest BCUT2D eigenvalue weighted by atomic mass is 16.5. The van der Waals surface area contributed by atoms with Crippen LogP contribution in [-0.4, -0.2) is 57.3 Å². The van der Waals surface area contributed by atoms with Crippen molar-refractivity contribution < 1.29 is 9.84 Å². The fraction of sp³-hybridized carbons (Fsp3) is 0.385. The summed E-state index contributed by atoms with van der Waals surface area (Å²) in [5.41, 5.74) is 3.99. The topological polar surface area (TPSA) is 75.4 Å². The summed E-state index contributed by atoms with van der Waals surface area (Å²) in [4.78, 5) is 11.5. The van der Waals surface area contributed by atoms with E-state index in [1.807, 2.05) is 30.3 Å². The number of nitrogens with one attached hydrogen (secondary N) is 1. The predicted octanol–water partition coefficient (Wildman–Crippen LogP) is 3.42. The molecule has 1 aliphatic heterocycles. The minimum absolute atomic E-state index is 0.462. The van der Waals surface area contributed by atoms with E-state index in [1.165, 1.54) is 5.52 Å². The molecule has 0 bridgehead atoms. The maximum Gasteiger partial charge on any atom is 0.123 e. The molecular weight excluding hydrogens is 414 g/mol. The summed E-state index contributed by atoms with van der Waals surface area (Å²) < 4.78 is 7.53. The maximum absolute atomic E-state index is 11.0. The number of fused-ring (bicyclic) bond motifs is 2. The zero-order chi connectivity index (χ0) is 22.8. The Balaban J connectivity index is 1.17. The molecule has 1 fully saturated rings. The van der Waals surface area contributed by atoms with E-state index in [2.05, 4.69) is 45.0 Å². The predicted molar refractivity (Wildman–Crippen MR) is 130 cm³/mol. The Morgan fingerprint density at radius 2 is 1.94 bits per heavy atom. The summed E-state index contributed by atoms with van der Waals surface area (Å²) >= 11 is 0. The Morgan fingerprint density at radius 1 is 1.12 bits per heavy atom. The number of aryl methyl sites for hydroxylation is 1. The lowest BCUT2D eigenvalue weighted by Crippen LogP contribution is -2.43. The van der Waals surface area contributed by atoms with Gasteiger partial charge in [0.2, 0.25) is 0 Å². The first kappa shape index (κ1) is 21.8. The zero-order valence-electron chi connectivity index (χ0n) is 19.2. The van der Waals surface area contributed by atoms with E-state index < -0.39 is 6.10 Å². The summed E-state index contributed by atoms with van der Waals surface area (Å²) in [5.74, 6) is 1.84. The van der Waals surface area contributed by atoms with Gasteiger partial charge in [0.05, 0.1) is 36.3 Å². The van der Waals surface area contributed by atoms with Gasteiger partial charge < -0.3 is 24.6 Å². The molecule has 0 spiro atoms. The number of para-hydroxylation sites is 2. The Bertz CT molecular complexity index is 1250. The number of hydrogen-bond acceptors (Lipinski definition) is 6. The summed E-state index contributed by atoms with van der Waals surface area (Å²) in [6.45, 7) is 3.31. The second kappa shape index (κ2) is 9.47. The van der Waals surface area contributed by atoms with Crippen LogP contribution in [0.1, 0.15) is 30.3 Å². The number of pyridine rings is 1. The van der Waals surface area contributed by atoms with Crippen molar-refractivity contribution in [3.8, 4) is 5.75 Å². The van der Waals surface area contributed by atoms with Gasteiger partial charge in [-0.3, -0.25) is 4.98 Å². The summed E-state index contributed by atoms with van der Waals surface area (Å²) in [5, 5.41) is 15.7. The average Bonchev–Trinajstić information content (AvgIpc) is 3.18.